The molecule has 0 bridgehead atoms. The Morgan fingerprint density at radius 2 is 1.70 bits per heavy atom. The van der Waals surface area contributed by atoms with Crippen LogP contribution in [0.2, 0.25) is 0 Å². The fourth-order valence-electron chi connectivity index (χ4n) is 3.46. The van der Waals surface area contributed by atoms with E-state index in [-0.39, 0.29) is 5.92 Å². The van der Waals surface area contributed by atoms with Gasteiger partial charge in [-0.25, -0.2) is 22.7 Å². The van der Waals surface area contributed by atoms with Gasteiger partial charge in [-0.3, -0.25) is 4.98 Å². The second kappa shape index (κ2) is 8.76. The van der Waals surface area contributed by atoms with E-state index in [1.165, 1.54) is 10.6 Å². The number of aromatic nitrogens is 3. The number of hydrogen-bond donors (Lipinski definition) is 1. The summed E-state index contributed by atoms with van der Waals surface area (Å²) in [5, 5.41) is 3.23. The number of piperidine rings is 1. The lowest BCUT2D eigenvalue weighted by molar-refractivity contribution is 0.312. The number of sulfonamides is 1. The maximum absolute atomic E-state index is 11.7. The molecule has 9 heteroatoms. The summed E-state index contributed by atoms with van der Waals surface area (Å²) in [7, 11) is -3.16. The number of pyridine rings is 1. The number of rotatable bonds is 6. The van der Waals surface area contributed by atoms with Crippen molar-refractivity contribution in [1.82, 2.24) is 19.3 Å². The smallest absolute Gasteiger partial charge is 0.241 e. The zero-order chi connectivity index (χ0) is 21.0. The van der Waals surface area contributed by atoms with Crippen molar-refractivity contribution in [2.75, 3.05) is 24.7 Å². The van der Waals surface area contributed by atoms with Crippen molar-refractivity contribution >= 4 is 21.5 Å². The minimum atomic E-state index is -3.16. The van der Waals surface area contributed by atoms with Crippen LogP contribution >= 0.6 is 0 Å². The van der Waals surface area contributed by atoms with Crippen molar-refractivity contribution in [3.05, 3.63) is 66.7 Å². The summed E-state index contributed by atoms with van der Waals surface area (Å²) in [6.07, 6.45) is 7.60. The maximum atomic E-state index is 11.7. The molecule has 1 aliphatic rings. The Hall–Kier alpha value is -3.04. The lowest BCUT2D eigenvalue weighted by Gasteiger charge is -2.30. The average molecular weight is 426 g/mol. The molecule has 3 aromatic rings. The SMILES string of the molecule is CS(=O)(=O)N1CCC(c2nccnc2Oc2ccc(Nc3ccccn3)cc2)CC1. The first kappa shape index (κ1) is 20.2. The molecule has 2 aromatic heterocycles. The van der Waals surface area contributed by atoms with E-state index >= 15 is 0 Å². The third-order valence-corrected chi connectivity index (χ3v) is 6.31. The third kappa shape index (κ3) is 4.92. The van der Waals surface area contributed by atoms with E-state index in [1.54, 1.807) is 18.6 Å². The van der Waals surface area contributed by atoms with E-state index in [0.717, 1.165) is 17.2 Å². The summed E-state index contributed by atoms with van der Waals surface area (Å²) in [5.74, 6) is 1.98. The number of anilines is 2. The summed E-state index contributed by atoms with van der Waals surface area (Å²) in [6, 6.07) is 13.2. The largest absolute Gasteiger partial charge is 0.437 e. The lowest BCUT2D eigenvalue weighted by atomic mass is 9.94. The van der Waals surface area contributed by atoms with Crippen LogP contribution in [0.3, 0.4) is 0 Å². The van der Waals surface area contributed by atoms with E-state index in [1.807, 2.05) is 42.5 Å². The van der Waals surface area contributed by atoms with E-state index in [2.05, 4.69) is 20.3 Å². The van der Waals surface area contributed by atoms with Crippen LogP contribution in [0.4, 0.5) is 11.5 Å². The minimum absolute atomic E-state index is 0.108. The van der Waals surface area contributed by atoms with Crippen molar-refractivity contribution in [1.29, 1.82) is 0 Å². The Balaban J connectivity index is 1.44. The molecule has 1 N–H and O–H groups in total. The number of ether oxygens (including phenoxy) is 1. The van der Waals surface area contributed by atoms with Crippen molar-refractivity contribution in [2.45, 2.75) is 18.8 Å². The van der Waals surface area contributed by atoms with Gasteiger partial charge in [-0.15, -0.1) is 0 Å². The van der Waals surface area contributed by atoms with Crippen LogP contribution in [-0.2, 0) is 10.0 Å². The molecule has 1 aliphatic heterocycles. The van der Waals surface area contributed by atoms with Gasteiger partial charge in [0.1, 0.15) is 17.3 Å². The topological polar surface area (TPSA) is 97.3 Å². The predicted octanol–water partition coefficient (Wildman–Crippen LogP) is 3.55. The first-order chi connectivity index (χ1) is 14.5. The molecule has 30 heavy (non-hydrogen) atoms. The summed E-state index contributed by atoms with van der Waals surface area (Å²) in [5.41, 5.74) is 1.66. The molecule has 0 saturated carbocycles. The Kier molecular flexibility index (Phi) is 5.91. The van der Waals surface area contributed by atoms with Gasteiger partial charge in [-0.05, 0) is 49.2 Å². The molecular weight excluding hydrogens is 402 g/mol. The fourth-order valence-corrected chi connectivity index (χ4v) is 4.33. The summed E-state index contributed by atoms with van der Waals surface area (Å²) in [6.45, 7) is 0.959. The van der Waals surface area contributed by atoms with E-state index < -0.39 is 10.0 Å². The highest BCUT2D eigenvalue weighted by molar-refractivity contribution is 7.88. The predicted molar refractivity (Wildman–Crippen MR) is 114 cm³/mol. The zero-order valence-corrected chi connectivity index (χ0v) is 17.4. The van der Waals surface area contributed by atoms with Gasteiger partial charge in [0.05, 0.1) is 6.26 Å². The van der Waals surface area contributed by atoms with E-state index in [4.69, 9.17) is 4.74 Å². The zero-order valence-electron chi connectivity index (χ0n) is 16.6. The van der Waals surface area contributed by atoms with Gasteiger partial charge >= 0.3 is 0 Å². The van der Waals surface area contributed by atoms with Crippen LogP contribution in [0.25, 0.3) is 0 Å². The minimum Gasteiger partial charge on any atom is -0.437 e. The van der Waals surface area contributed by atoms with Gasteiger partial charge in [0.25, 0.3) is 0 Å². The monoisotopic (exact) mass is 425 g/mol. The quantitative estimate of drug-likeness (QED) is 0.645. The van der Waals surface area contributed by atoms with Gasteiger partial charge < -0.3 is 10.1 Å². The highest BCUT2D eigenvalue weighted by Gasteiger charge is 2.28. The second-order valence-corrected chi connectivity index (χ2v) is 9.13. The number of benzene rings is 1. The van der Waals surface area contributed by atoms with Crippen molar-refractivity contribution in [3.63, 3.8) is 0 Å². The Bertz CT molecular complexity index is 1080. The first-order valence-electron chi connectivity index (χ1n) is 9.71. The van der Waals surface area contributed by atoms with Crippen molar-refractivity contribution in [3.8, 4) is 11.6 Å². The molecule has 1 fully saturated rings. The number of hydrogen-bond acceptors (Lipinski definition) is 7. The first-order valence-corrected chi connectivity index (χ1v) is 11.6. The molecular formula is C21H23N5O3S. The summed E-state index contributed by atoms with van der Waals surface area (Å²) >= 11 is 0. The average Bonchev–Trinajstić information content (AvgIpc) is 2.76. The van der Waals surface area contributed by atoms with Crippen LogP contribution in [-0.4, -0.2) is 47.0 Å². The lowest BCUT2D eigenvalue weighted by Crippen LogP contribution is -2.37. The Morgan fingerprint density at radius 1 is 0.967 bits per heavy atom. The standard InChI is InChI=1S/C21H23N5O3S/c1-30(27,28)26-14-9-16(10-15-26)20-21(24-13-12-23-20)29-18-7-5-17(6-8-18)25-19-4-2-3-11-22-19/h2-8,11-13,16H,9-10,14-15H2,1H3,(H,22,25). The number of nitrogens with one attached hydrogen (secondary N) is 1. The molecule has 0 aliphatic carbocycles. The van der Waals surface area contributed by atoms with Crippen LogP contribution in [0.5, 0.6) is 11.6 Å². The molecule has 0 unspecified atom stereocenters. The van der Waals surface area contributed by atoms with E-state index in [9.17, 15) is 8.42 Å². The Labute approximate surface area is 176 Å². The van der Waals surface area contributed by atoms with Crippen molar-refractivity contribution in [2.24, 2.45) is 0 Å². The molecule has 0 amide bonds. The summed E-state index contributed by atoms with van der Waals surface area (Å²) < 4.78 is 31.0. The molecule has 0 spiro atoms. The summed E-state index contributed by atoms with van der Waals surface area (Å²) in [4.78, 5) is 13.1. The van der Waals surface area contributed by atoms with Crippen LogP contribution < -0.4 is 10.1 Å². The number of nitrogens with zero attached hydrogens (tertiary/aromatic N) is 4. The third-order valence-electron chi connectivity index (χ3n) is 5.01. The highest BCUT2D eigenvalue weighted by atomic mass is 32.2. The molecule has 0 radical (unpaired) electrons. The molecule has 4 rings (SSSR count). The molecule has 3 heterocycles. The molecule has 1 saturated heterocycles. The Morgan fingerprint density at radius 3 is 2.37 bits per heavy atom. The maximum Gasteiger partial charge on any atom is 0.241 e. The molecule has 156 valence electrons. The van der Waals surface area contributed by atoms with E-state index in [0.29, 0.717) is 37.6 Å². The van der Waals surface area contributed by atoms with Gasteiger partial charge in [-0.2, -0.15) is 0 Å². The molecule has 1 aromatic carbocycles. The van der Waals surface area contributed by atoms with Gasteiger partial charge in [0, 0.05) is 43.3 Å². The van der Waals surface area contributed by atoms with Gasteiger partial charge in [-0.1, -0.05) is 6.07 Å². The van der Waals surface area contributed by atoms with Gasteiger partial charge in [0.15, 0.2) is 0 Å². The van der Waals surface area contributed by atoms with Gasteiger partial charge in [0.2, 0.25) is 15.9 Å². The molecule has 8 nitrogen and oxygen atoms in total. The molecule has 0 atom stereocenters. The fraction of sp³-hybridized carbons (Fsp3) is 0.286. The van der Waals surface area contributed by atoms with Crippen LogP contribution in [0, 0.1) is 0 Å². The van der Waals surface area contributed by atoms with Crippen LogP contribution in [0.15, 0.2) is 61.1 Å². The highest BCUT2D eigenvalue weighted by Crippen LogP contribution is 2.34. The van der Waals surface area contributed by atoms with Crippen molar-refractivity contribution < 1.29 is 13.2 Å². The normalized spacial score (nSPS) is 15.6. The van der Waals surface area contributed by atoms with Crippen LogP contribution in [0.1, 0.15) is 24.5 Å². The second-order valence-electron chi connectivity index (χ2n) is 7.15.